The number of hydrogen-bond donors (Lipinski definition) is 0. The Labute approximate surface area is 144 Å². The van der Waals surface area contributed by atoms with Crippen LogP contribution in [-0.4, -0.2) is 48.5 Å². The van der Waals surface area contributed by atoms with Crippen molar-refractivity contribution in [3.63, 3.8) is 0 Å². The van der Waals surface area contributed by atoms with Crippen LogP contribution < -0.4 is 0 Å². The van der Waals surface area contributed by atoms with Crippen LogP contribution in [-0.2, 0) is 14.3 Å². The lowest BCUT2D eigenvalue weighted by Crippen LogP contribution is -2.51. The van der Waals surface area contributed by atoms with E-state index in [9.17, 15) is 9.59 Å². The van der Waals surface area contributed by atoms with Crippen LogP contribution in [0.5, 0.6) is 0 Å². The third-order valence-corrected chi connectivity index (χ3v) is 6.21. The van der Waals surface area contributed by atoms with Gasteiger partial charge in [0.25, 0.3) is 0 Å². The van der Waals surface area contributed by atoms with Crippen molar-refractivity contribution >= 4 is 23.6 Å². The van der Waals surface area contributed by atoms with E-state index in [0.29, 0.717) is 32.0 Å². The average Bonchev–Trinajstić information content (AvgIpc) is 2.60. The lowest BCUT2D eigenvalue weighted by Gasteiger charge is -2.46. The number of hydrogen-bond acceptors (Lipinski definition) is 4. The summed E-state index contributed by atoms with van der Waals surface area (Å²) in [5.74, 6) is 1.54. The van der Waals surface area contributed by atoms with Crippen molar-refractivity contribution in [1.82, 2.24) is 4.90 Å². The summed E-state index contributed by atoms with van der Waals surface area (Å²) < 4.78 is 5.45. The van der Waals surface area contributed by atoms with E-state index in [1.807, 2.05) is 18.1 Å². The highest BCUT2D eigenvalue weighted by Gasteiger charge is 2.49. The van der Waals surface area contributed by atoms with Crippen LogP contribution in [0.25, 0.3) is 0 Å². The Balaban J connectivity index is 2.03. The van der Waals surface area contributed by atoms with E-state index in [-0.39, 0.29) is 17.3 Å². The van der Waals surface area contributed by atoms with Gasteiger partial charge in [-0.05, 0) is 44.8 Å². The zero-order valence-corrected chi connectivity index (χ0v) is 15.5. The summed E-state index contributed by atoms with van der Waals surface area (Å²) in [6.45, 7) is 3.75. The van der Waals surface area contributed by atoms with Crippen molar-refractivity contribution in [3.8, 4) is 0 Å². The molecule has 0 aromatic heterocycles. The van der Waals surface area contributed by atoms with Gasteiger partial charge in [0.2, 0.25) is 5.91 Å². The molecular formula is C18H31NO3S. The van der Waals surface area contributed by atoms with Gasteiger partial charge in [0, 0.05) is 25.3 Å². The van der Waals surface area contributed by atoms with E-state index < -0.39 is 0 Å². The van der Waals surface area contributed by atoms with E-state index in [2.05, 4.69) is 0 Å². The number of thioether (sulfide) groups is 1. The number of amides is 1. The highest BCUT2D eigenvalue weighted by Crippen LogP contribution is 2.46. The number of nitrogens with zero attached hydrogens (tertiary/aromatic N) is 1. The molecule has 132 valence electrons. The molecule has 2 aliphatic rings. The van der Waals surface area contributed by atoms with Crippen molar-refractivity contribution in [2.45, 2.75) is 58.3 Å². The summed E-state index contributed by atoms with van der Waals surface area (Å²) in [5, 5.41) is 0. The second-order valence-electron chi connectivity index (χ2n) is 6.84. The molecule has 0 spiro atoms. The summed E-state index contributed by atoms with van der Waals surface area (Å²) in [6.07, 6.45) is 10.2. The Morgan fingerprint density at radius 2 is 1.83 bits per heavy atom. The van der Waals surface area contributed by atoms with Gasteiger partial charge >= 0.3 is 5.97 Å². The number of piperidine rings is 1. The van der Waals surface area contributed by atoms with Gasteiger partial charge in [-0.3, -0.25) is 9.59 Å². The minimum absolute atomic E-state index is 0.0110. The maximum atomic E-state index is 12.7. The van der Waals surface area contributed by atoms with Crippen molar-refractivity contribution < 1.29 is 14.3 Å². The molecule has 0 aromatic carbocycles. The van der Waals surface area contributed by atoms with E-state index in [4.69, 9.17) is 4.74 Å². The predicted molar refractivity (Wildman–Crippen MR) is 94.5 cm³/mol. The van der Waals surface area contributed by atoms with Gasteiger partial charge in [-0.25, -0.2) is 0 Å². The zero-order chi connectivity index (χ0) is 16.7. The number of carbonyl (C=O) groups is 2. The van der Waals surface area contributed by atoms with Crippen molar-refractivity contribution in [2.75, 3.05) is 31.7 Å². The first-order valence-corrected chi connectivity index (χ1v) is 10.5. The highest BCUT2D eigenvalue weighted by molar-refractivity contribution is 7.98. The van der Waals surface area contributed by atoms with Crippen LogP contribution in [0, 0.1) is 11.3 Å². The fraction of sp³-hybridized carbons (Fsp3) is 0.889. The first-order valence-electron chi connectivity index (χ1n) is 9.08. The molecule has 0 N–H and O–H groups in total. The van der Waals surface area contributed by atoms with E-state index in [1.54, 1.807) is 11.8 Å². The maximum Gasteiger partial charge on any atom is 0.312 e. The average molecular weight is 342 g/mol. The van der Waals surface area contributed by atoms with Gasteiger partial charge in [0.05, 0.1) is 12.0 Å². The molecule has 0 radical (unpaired) electrons. The van der Waals surface area contributed by atoms with Crippen LogP contribution in [0.1, 0.15) is 58.3 Å². The van der Waals surface area contributed by atoms with Gasteiger partial charge in [0.1, 0.15) is 0 Å². The number of rotatable bonds is 6. The summed E-state index contributed by atoms with van der Waals surface area (Å²) in [6, 6.07) is 0. The van der Waals surface area contributed by atoms with Gasteiger partial charge in [0.15, 0.2) is 0 Å². The summed E-state index contributed by atoms with van der Waals surface area (Å²) >= 11 is 1.71. The molecule has 1 saturated heterocycles. The first kappa shape index (κ1) is 18.6. The molecule has 2 rings (SSSR count). The van der Waals surface area contributed by atoms with Gasteiger partial charge in [-0.15, -0.1) is 0 Å². The molecule has 23 heavy (non-hydrogen) atoms. The monoisotopic (exact) mass is 341 g/mol. The van der Waals surface area contributed by atoms with Gasteiger partial charge < -0.3 is 9.64 Å². The fourth-order valence-corrected chi connectivity index (χ4v) is 4.59. The van der Waals surface area contributed by atoms with Crippen molar-refractivity contribution in [1.29, 1.82) is 0 Å². The summed E-state index contributed by atoms with van der Waals surface area (Å²) in [7, 11) is 0. The van der Waals surface area contributed by atoms with Gasteiger partial charge in [-0.1, -0.05) is 19.3 Å². The molecule has 4 nitrogen and oxygen atoms in total. The van der Waals surface area contributed by atoms with E-state index in [0.717, 1.165) is 31.4 Å². The first-order chi connectivity index (χ1) is 11.1. The Bertz CT molecular complexity index is 399. The SMILES string of the molecule is CCOC(=O)C1(C2CCCCC2)CCN(C(=O)CCSC)CC1. The van der Waals surface area contributed by atoms with Gasteiger partial charge in [-0.2, -0.15) is 11.8 Å². The van der Waals surface area contributed by atoms with Crippen LogP contribution in [0.2, 0.25) is 0 Å². The molecule has 1 amide bonds. The molecule has 5 heteroatoms. The number of carbonyl (C=O) groups excluding carboxylic acids is 2. The van der Waals surface area contributed by atoms with Crippen LogP contribution in [0.15, 0.2) is 0 Å². The summed E-state index contributed by atoms with van der Waals surface area (Å²) in [4.78, 5) is 26.9. The molecule has 0 bridgehead atoms. The third-order valence-electron chi connectivity index (χ3n) is 5.60. The number of esters is 1. The molecule has 1 saturated carbocycles. The lowest BCUT2D eigenvalue weighted by atomic mass is 9.63. The molecule has 0 aromatic rings. The molecular weight excluding hydrogens is 310 g/mol. The Kier molecular flexibility index (Phi) is 7.25. The van der Waals surface area contributed by atoms with Crippen LogP contribution in [0.4, 0.5) is 0 Å². The molecule has 2 fully saturated rings. The van der Waals surface area contributed by atoms with Crippen molar-refractivity contribution in [2.24, 2.45) is 11.3 Å². The molecule has 0 atom stereocenters. The second kappa shape index (κ2) is 8.95. The molecule has 1 aliphatic carbocycles. The third kappa shape index (κ3) is 4.43. The maximum absolute atomic E-state index is 12.7. The second-order valence-corrected chi connectivity index (χ2v) is 7.82. The zero-order valence-electron chi connectivity index (χ0n) is 14.6. The van der Waals surface area contributed by atoms with E-state index in [1.165, 1.54) is 19.3 Å². The normalized spacial score (nSPS) is 21.9. The fourth-order valence-electron chi connectivity index (χ4n) is 4.21. The summed E-state index contributed by atoms with van der Waals surface area (Å²) in [5.41, 5.74) is -0.341. The highest BCUT2D eigenvalue weighted by atomic mass is 32.2. The molecule has 0 unspecified atom stereocenters. The largest absolute Gasteiger partial charge is 0.466 e. The van der Waals surface area contributed by atoms with E-state index >= 15 is 0 Å². The van der Waals surface area contributed by atoms with Crippen molar-refractivity contribution in [3.05, 3.63) is 0 Å². The molecule has 1 heterocycles. The molecule has 1 aliphatic heterocycles. The number of likely N-dealkylation sites (tertiary alicyclic amines) is 1. The van der Waals surface area contributed by atoms with Crippen LogP contribution in [0.3, 0.4) is 0 Å². The number of ether oxygens (including phenoxy) is 1. The quantitative estimate of drug-likeness (QED) is 0.694. The standard InChI is InChI=1S/C18H31NO3S/c1-3-22-17(21)18(15-7-5-4-6-8-15)10-12-19(13-11-18)16(20)9-14-23-2/h15H,3-14H2,1-2H3. The predicted octanol–water partition coefficient (Wildman–Crippen LogP) is 3.49. The topological polar surface area (TPSA) is 46.6 Å². The smallest absolute Gasteiger partial charge is 0.312 e. The minimum atomic E-state index is -0.341. The minimum Gasteiger partial charge on any atom is -0.466 e. The van der Waals surface area contributed by atoms with Crippen LogP contribution >= 0.6 is 11.8 Å². The Morgan fingerprint density at radius 3 is 2.39 bits per heavy atom. The Morgan fingerprint density at radius 1 is 1.17 bits per heavy atom. The lowest BCUT2D eigenvalue weighted by molar-refractivity contribution is -0.166. The Hall–Kier alpha value is -0.710.